The summed E-state index contributed by atoms with van der Waals surface area (Å²) in [5.74, 6) is -0.173. The van der Waals surface area contributed by atoms with Crippen molar-refractivity contribution in [2.45, 2.75) is 26.4 Å². The molecular weight excluding hydrogens is 360 g/mol. The lowest BCUT2D eigenvalue weighted by atomic mass is 10.0. The van der Waals surface area contributed by atoms with E-state index in [-0.39, 0.29) is 18.5 Å². The molecule has 1 fully saturated rings. The molecule has 0 bridgehead atoms. The highest BCUT2D eigenvalue weighted by molar-refractivity contribution is 5.82. The van der Waals surface area contributed by atoms with Gasteiger partial charge in [-0.1, -0.05) is 30.3 Å². The second-order valence-electron chi connectivity index (χ2n) is 6.75. The summed E-state index contributed by atoms with van der Waals surface area (Å²) in [4.78, 5) is 25.7. The Kier molecular flexibility index (Phi) is 6.30. The number of rotatable bonds is 5. The minimum absolute atomic E-state index is 0.112. The van der Waals surface area contributed by atoms with E-state index in [2.05, 4.69) is 22.2 Å². The second-order valence-corrected chi connectivity index (χ2v) is 6.75. The zero-order valence-electron chi connectivity index (χ0n) is 16.5. The van der Waals surface area contributed by atoms with E-state index in [9.17, 15) is 9.59 Å². The summed E-state index contributed by atoms with van der Waals surface area (Å²) in [6.45, 7) is 5.86. The second kappa shape index (κ2) is 8.88. The first kappa shape index (κ1) is 19.9. The summed E-state index contributed by atoms with van der Waals surface area (Å²) < 4.78 is 12.2. The monoisotopic (exact) mass is 386 g/mol. The molecule has 150 valence electrons. The van der Waals surface area contributed by atoms with Crippen LogP contribution in [0.4, 0.5) is 4.79 Å². The zero-order valence-corrected chi connectivity index (χ0v) is 16.5. The van der Waals surface area contributed by atoms with Crippen LogP contribution in [0.5, 0.6) is 0 Å². The van der Waals surface area contributed by atoms with Crippen LogP contribution in [-0.2, 0) is 20.8 Å². The quantitative estimate of drug-likeness (QED) is 0.847. The summed E-state index contributed by atoms with van der Waals surface area (Å²) >= 11 is 0. The summed E-state index contributed by atoms with van der Waals surface area (Å²) in [5.41, 5.74) is 4.05. The van der Waals surface area contributed by atoms with Crippen LogP contribution in [-0.4, -0.2) is 60.1 Å². The summed E-state index contributed by atoms with van der Waals surface area (Å²) in [7, 11) is 1.27. The van der Waals surface area contributed by atoms with Crippen LogP contribution in [0.1, 0.15) is 28.6 Å². The lowest BCUT2D eigenvalue weighted by molar-refractivity contribution is -0.139. The Balaban J connectivity index is 1.81. The first-order chi connectivity index (χ1) is 13.5. The van der Waals surface area contributed by atoms with Crippen molar-refractivity contribution >= 4 is 12.0 Å². The third kappa shape index (κ3) is 4.33. The fourth-order valence-corrected chi connectivity index (χ4v) is 3.57. The first-order valence-electron chi connectivity index (χ1n) is 9.28. The van der Waals surface area contributed by atoms with E-state index in [0.29, 0.717) is 26.3 Å². The standard InChI is InChI=1S/C20H26N4O4/c1-14-19(15(2)24(22-14)12-16-7-5-4-6-8-16)17-13-28-10-9-23(17)18(25)11-21-20(26)27-3/h4-8,17H,9-13H2,1-3H3,(H,21,26)/t17-/m1/s1. The number of hydrogen-bond donors (Lipinski definition) is 1. The third-order valence-electron chi connectivity index (χ3n) is 4.96. The Bertz CT molecular complexity index is 834. The minimum atomic E-state index is -0.624. The van der Waals surface area contributed by atoms with Gasteiger partial charge in [-0.3, -0.25) is 9.48 Å². The van der Waals surface area contributed by atoms with E-state index in [1.165, 1.54) is 7.11 Å². The Hall–Kier alpha value is -2.87. The van der Waals surface area contributed by atoms with Gasteiger partial charge < -0.3 is 19.7 Å². The SMILES string of the molecule is COC(=O)NCC(=O)N1CCOC[C@@H]1c1c(C)nn(Cc2ccccc2)c1C. The van der Waals surface area contributed by atoms with Gasteiger partial charge in [-0.25, -0.2) is 4.79 Å². The van der Waals surface area contributed by atoms with Crippen molar-refractivity contribution in [2.24, 2.45) is 0 Å². The molecule has 0 unspecified atom stereocenters. The van der Waals surface area contributed by atoms with E-state index < -0.39 is 6.09 Å². The number of carbonyl (C=O) groups is 2. The Morgan fingerprint density at radius 2 is 2.04 bits per heavy atom. The van der Waals surface area contributed by atoms with Crippen LogP contribution in [0.2, 0.25) is 0 Å². The van der Waals surface area contributed by atoms with Gasteiger partial charge in [0, 0.05) is 17.8 Å². The van der Waals surface area contributed by atoms with Gasteiger partial charge in [-0.05, 0) is 19.4 Å². The van der Waals surface area contributed by atoms with Crippen molar-refractivity contribution in [3.05, 3.63) is 52.8 Å². The average molecular weight is 386 g/mol. The molecule has 3 rings (SSSR count). The summed E-state index contributed by atoms with van der Waals surface area (Å²) in [5, 5.41) is 7.15. The Morgan fingerprint density at radius 3 is 2.75 bits per heavy atom. The molecular formula is C20H26N4O4. The molecule has 1 aliphatic rings. The van der Waals surface area contributed by atoms with Crippen LogP contribution < -0.4 is 5.32 Å². The van der Waals surface area contributed by atoms with Crippen LogP contribution in [0.15, 0.2) is 30.3 Å². The lowest BCUT2D eigenvalue weighted by Gasteiger charge is -2.36. The number of morpholine rings is 1. The van der Waals surface area contributed by atoms with Gasteiger partial charge >= 0.3 is 6.09 Å². The number of ether oxygens (including phenoxy) is 2. The molecule has 2 aromatic rings. The van der Waals surface area contributed by atoms with Gasteiger partial charge in [0.2, 0.25) is 5.91 Å². The largest absolute Gasteiger partial charge is 0.453 e. The van der Waals surface area contributed by atoms with Crippen molar-refractivity contribution < 1.29 is 19.1 Å². The molecule has 0 radical (unpaired) electrons. The fourth-order valence-electron chi connectivity index (χ4n) is 3.57. The normalized spacial score (nSPS) is 16.7. The molecule has 2 heterocycles. The van der Waals surface area contributed by atoms with Crippen molar-refractivity contribution in [2.75, 3.05) is 33.4 Å². The van der Waals surface area contributed by atoms with Gasteiger partial charge in [0.1, 0.15) is 6.54 Å². The maximum absolute atomic E-state index is 12.7. The van der Waals surface area contributed by atoms with E-state index in [1.807, 2.05) is 36.7 Å². The highest BCUT2D eigenvalue weighted by Crippen LogP contribution is 2.29. The molecule has 8 heteroatoms. The number of nitrogens with one attached hydrogen (secondary N) is 1. The number of amides is 2. The number of carbonyl (C=O) groups excluding carboxylic acids is 2. The van der Waals surface area contributed by atoms with E-state index in [4.69, 9.17) is 9.84 Å². The van der Waals surface area contributed by atoms with Gasteiger partial charge in [-0.15, -0.1) is 0 Å². The molecule has 1 aromatic carbocycles. The first-order valence-corrected chi connectivity index (χ1v) is 9.28. The van der Waals surface area contributed by atoms with Crippen molar-refractivity contribution in [1.82, 2.24) is 20.0 Å². The molecule has 0 saturated carbocycles. The van der Waals surface area contributed by atoms with Gasteiger partial charge in [-0.2, -0.15) is 5.10 Å². The van der Waals surface area contributed by atoms with E-state index in [1.54, 1.807) is 4.90 Å². The molecule has 0 aliphatic carbocycles. The smallest absolute Gasteiger partial charge is 0.407 e. The number of aromatic nitrogens is 2. The topological polar surface area (TPSA) is 85.7 Å². The lowest BCUT2D eigenvalue weighted by Crippen LogP contribution is -2.47. The maximum Gasteiger partial charge on any atom is 0.407 e. The summed E-state index contributed by atoms with van der Waals surface area (Å²) in [6, 6.07) is 9.89. The number of hydrogen-bond acceptors (Lipinski definition) is 5. The molecule has 1 N–H and O–H groups in total. The highest BCUT2D eigenvalue weighted by Gasteiger charge is 2.32. The molecule has 1 atom stereocenters. The van der Waals surface area contributed by atoms with Crippen LogP contribution in [0, 0.1) is 13.8 Å². The minimum Gasteiger partial charge on any atom is -0.453 e. The van der Waals surface area contributed by atoms with Crippen molar-refractivity contribution in [3.8, 4) is 0 Å². The van der Waals surface area contributed by atoms with Crippen LogP contribution in [0.25, 0.3) is 0 Å². The predicted octanol–water partition coefficient (Wildman–Crippen LogP) is 1.80. The Labute approximate surface area is 164 Å². The van der Waals surface area contributed by atoms with Gasteiger partial charge in [0.25, 0.3) is 0 Å². The molecule has 2 amide bonds. The molecule has 1 aliphatic heterocycles. The van der Waals surface area contributed by atoms with Gasteiger partial charge in [0.15, 0.2) is 0 Å². The third-order valence-corrected chi connectivity index (χ3v) is 4.96. The maximum atomic E-state index is 12.7. The van der Waals surface area contributed by atoms with Crippen molar-refractivity contribution in [1.29, 1.82) is 0 Å². The molecule has 1 aromatic heterocycles. The van der Waals surface area contributed by atoms with E-state index >= 15 is 0 Å². The number of aryl methyl sites for hydroxylation is 1. The summed E-state index contributed by atoms with van der Waals surface area (Å²) in [6.07, 6.45) is -0.624. The zero-order chi connectivity index (χ0) is 20.1. The Morgan fingerprint density at radius 1 is 1.29 bits per heavy atom. The predicted molar refractivity (Wildman–Crippen MR) is 103 cm³/mol. The number of benzene rings is 1. The van der Waals surface area contributed by atoms with Gasteiger partial charge in [0.05, 0.1) is 38.6 Å². The van der Waals surface area contributed by atoms with Crippen LogP contribution >= 0.6 is 0 Å². The molecule has 8 nitrogen and oxygen atoms in total. The molecule has 1 saturated heterocycles. The number of nitrogens with zero attached hydrogens (tertiary/aromatic N) is 3. The van der Waals surface area contributed by atoms with E-state index in [0.717, 1.165) is 22.5 Å². The molecule has 28 heavy (non-hydrogen) atoms. The number of methoxy groups -OCH3 is 1. The average Bonchev–Trinajstić information content (AvgIpc) is 2.99. The molecule has 0 spiro atoms. The van der Waals surface area contributed by atoms with Crippen molar-refractivity contribution in [3.63, 3.8) is 0 Å². The fraction of sp³-hybridized carbons (Fsp3) is 0.450. The van der Waals surface area contributed by atoms with Crippen LogP contribution in [0.3, 0.4) is 0 Å². The number of alkyl carbamates (subject to hydrolysis) is 1. The highest BCUT2D eigenvalue weighted by atomic mass is 16.5.